The van der Waals surface area contributed by atoms with Crippen molar-refractivity contribution in [1.82, 2.24) is 14.8 Å². The molecule has 2 aliphatic rings. The lowest BCUT2D eigenvalue weighted by atomic mass is 9.86. The fraction of sp³-hybridized carbons (Fsp3) is 0.450. The van der Waals surface area contributed by atoms with Gasteiger partial charge in [-0.3, -0.25) is 9.88 Å². The predicted octanol–water partition coefficient (Wildman–Crippen LogP) is 3.28. The molecule has 126 valence electrons. The standard InChI is InChI=1S/C20H24FN3/c1-23-11-3-5-19-20(23)18(16-6-8-17(21)9-7-16)14-24(19)13-15-4-2-10-22-12-15/h2,4,6-10,12,18-20H,3,5,11,13-14H2,1H3/t18-,19-,20-/m1/s1. The van der Waals surface area contributed by atoms with E-state index < -0.39 is 0 Å². The third-order valence-corrected chi connectivity index (χ3v) is 5.63. The number of pyridine rings is 1. The lowest BCUT2D eigenvalue weighted by molar-refractivity contribution is 0.109. The highest BCUT2D eigenvalue weighted by Crippen LogP contribution is 2.40. The van der Waals surface area contributed by atoms with Crippen molar-refractivity contribution in [3.8, 4) is 0 Å². The van der Waals surface area contributed by atoms with Crippen LogP contribution in [-0.2, 0) is 6.54 Å². The summed E-state index contributed by atoms with van der Waals surface area (Å²) >= 11 is 0. The Morgan fingerprint density at radius 2 is 2.04 bits per heavy atom. The monoisotopic (exact) mass is 325 g/mol. The van der Waals surface area contributed by atoms with Crippen molar-refractivity contribution in [3.05, 3.63) is 65.7 Å². The molecule has 0 N–H and O–H groups in total. The average Bonchev–Trinajstić information content (AvgIpc) is 2.97. The molecule has 4 heteroatoms. The molecule has 0 amide bonds. The minimum atomic E-state index is -0.155. The third kappa shape index (κ3) is 2.96. The van der Waals surface area contributed by atoms with Gasteiger partial charge in [-0.15, -0.1) is 0 Å². The summed E-state index contributed by atoms with van der Waals surface area (Å²) in [6.07, 6.45) is 6.28. The van der Waals surface area contributed by atoms with Crippen molar-refractivity contribution in [2.45, 2.75) is 37.4 Å². The zero-order chi connectivity index (χ0) is 16.5. The summed E-state index contributed by atoms with van der Waals surface area (Å²) in [5, 5.41) is 0. The molecule has 0 bridgehead atoms. The molecule has 3 atom stereocenters. The molecule has 0 unspecified atom stereocenters. The molecule has 1 aromatic carbocycles. The van der Waals surface area contributed by atoms with Gasteiger partial charge in [-0.2, -0.15) is 0 Å². The van der Waals surface area contributed by atoms with Gasteiger partial charge in [0.25, 0.3) is 0 Å². The van der Waals surface area contributed by atoms with Crippen LogP contribution in [0.2, 0.25) is 0 Å². The maximum Gasteiger partial charge on any atom is 0.123 e. The molecule has 0 saturated carbocycles. The van der Waals surface area contributed by atoms with Crippen LogP contribution in [0.15, 0.2) is 48.8 Å². The third-order valence-electron chi connectivity index (χ3n) is 5.63. The van der Waals surface area contributed by atoms with Crippen molar-refractivity contribution in [2.75, 3.05) is 20.1 Å². The molecule has 3 heterocycles. The van der Waals surface area contributed by atoms with Crippen molar-refractivity contribution >= 4 is 0 Å². The summed E-state index contributed by atoms with van der Waals surface area (Å²) in [5.74, 6) is 0.287. The molecule has 3 nitrogen and oxygen atoms in total. The average molecular weight is 325 g/mol. The number of benzene rings is 1. The highest BCUT2D eigenvalue weighted by atomic mass is 19.1. The number of nitrogens with zero attached hydrogens (tertiary/aromatic N) is 3. The number of fused-ring (bicyclic) bond motifs is 1. The highest BCUT2D eigenvalue weighted by Gasteiger charge is 2.45. The largest absolute Gasteiger partial charge is 0.301 e. The number of likely N-dealkylation sites (tertiary alicyclic amines) is 2. The first-order chi connectivity index (χ1) is 11.7. The molecule has 0 radical (unpaired) electrons. The van der Waals surface area contributed by atoms with E-state index in [-0.39, 0.29) is 5.82 Å². The zero-order valence-electron chi connectivity index (χ0n) is 14.1. The number of hydrogen-bond acceptors (Lipinski definition) is 3. The Labute approximate surface area is 143 Å². The fourth-order valence-electron chi connectivity index (χ4n) is 4.55. The van der Waals surface area contributed by atoms with E-state index in [1.54, 1.807) is 12.1 Å². The molecule has 1 aromatic heterocycles. The summed E-state index contributed by atoms with van der Waals surface area (Å²) in [6.45, 7) is 3.13. The maximum atomic E-state index is 13.3. The number of likely N-dealkylation sites (N-methyl/N-ethyl adjacent to an activating group) is 1. The van der Waals surface area contributed by atoms with Gasteiger partial charge in [0.05, 0.1) is 0 Å². The second-order valence-corrected chi connectivity index (χ2v) is 7.13. The number of aromatic nitrogens is 1. The first-order valence-corrected chi connectivity index (χ1v) is 8.81. The molecular weight excluding hydrogens is 301 g/mol. The molecule has 2 aliphatic heterocycles. The number of piperidine rings is 1. The lowest BCUT2D eigenvalue weighted by Crippen LogP contribution is -2.48. The molecule has 0 aliphatic carbocycles. The Morgan fingerprint density at radius 3 is 2.79 bits per heavy atom. The van der Waals surface area contributed by atoms with E-state index in [0.29, 0.717) is 18.0 Å². The molecular formula is C20H24FN3. The first-order valence-electron chi connectivity index (χ1n) is 8.81. The van der Waals surface area contributed by atoms with Crippen LogP contribution in [0.4, 0.5) is 4.39 Å². The second kappa shape index (κ2) is 6.61. The molecule has 0 spiro atoms. The van der Waals surface area contributed by atoms with Crippen molar-refractivity contribution < 1.29 is 4.39 Å². The molecule has 2 aromatic rings. The quantitative estimate of drug-likeness (QED) is 0.863. The summed E-state index contributed by atoms with van der Waals surface area (Å²) in [6, 6.07) is 12.4. The summed E-state index contributed by atoms with van der Waals surface area (Å²) in [5.41, 5.74) is 2.53. The van der Waals surface area contributed by atoms with Crippen LogP contribution >= 0.6 is 0 Å². The van der Waals surface area contributed by atoms with E-state index in [9.17, 15) is 4.39 Å². The topological polar surface area (TPSA) is 19.4 Å². The van der Waals surface area contributed by atoms with Gasteiger partial charge in [0.15, 0.2) is 0 Å². The summed E-state index contributed by atoms with van der Waals surface area (Å²) in [7, 11) is 2.24. The Hall–Kier alpha value is -1.78. The summed E-state index contributed by atoms with van der Waals surface area (Å²) < 4.78 is 13.3. The van der Waals surface area contributed by atoms with Gasteiger partial charge in [-0.1, -0.05) is 18.2 Å². The number of rotatable bonds is 3. The highest BCUT2D eigenvalue weighted by molar-refractivity contribution is 5.26. The first kappa shape index (κ1) is 15.7. The molecule has 2 fully saturated rings. The van der Waals surface area contributed by atoms with Crippen LogP contribution in [0, 0.1) is 5.82 Å². The second-order valence-electron chi connectivity index (χ2n) is 7.13. The predicted molar refractivity (Wildman–Crippen MR) is 93.2 cm³/mol. The van der Waals surface area contributed by atoms with Crippen LogP contribution in [-0.4, -0.2) is 47.0 Å². The van der Waals surface area contributed by atoms with Crippen molar-refractivity contribution in [3.63, 3.8) is 0 Å². The van der Waals surface area contributed by atoms with E-state index >= 15 is 0 Å². The van der Waals surface area contributed by atoms with Crippen LogP contribution in [0.3, 0.4) is 0 Å². The SMILES string of the molecule is CN1CCC[C@@H]2[C@H]1[C@@H](c1ccc(F)cc1)CN2Cc1cccnc1. The molecule has 2 saturated heterocycles. The Balaban J connectivity index is 1.61. The van der Waals surface area contributed by atoms with E-state index in [4.69, 9.17) is 0 Å². The summed E-state index contributed by atoms with van der Waals surface area (Å²) in [4.78, 5) is 9.36. The smallest absolute Gasteiger partial charge is 0.123 e. The van der Waals surface area contributed by atoms with Gasteiger partial charge < -0.3 is 4.90 Å². The Kier molecular flexibility index (Phi) is 4.33. The van der Waals surface area contributed by atoms with E-state index in [1.807, 2.05) is 30.6 Å². The van der Waals surface area contributed by atoms with Crippen LogP contribution in [0.5, 0.6) is 0 Å². The Morgan fingerprint density at radius 1 is 1.21 bits per heavy atom. The van der Waals surface area contributed by atoms with Crippen LogP contribution in [0.1, 0.15) is 29.9 Å². The van der Waals surface area contributed by atoms with Crippen molar-refractivity contribution in [1.29, 1.82) is 0 Å². The fourth-order valence-corrected chi connectivity index (χ4v) is 4.55. The zero-order valence-corrected chi connectivity index (χ0v) is 14.1. The van der Waals surface area contributed by atoms with Crippen molar-refractivity contribution in [2.24, 2.45) is 0 Å². The molecule has 24 heavy (non-hydrogen) atoms. The normalized spacial score (nSPS) is 28.0. The maximum absolute atomic E-state index is 13.3. The van der Waals surface area contributed by atoms with Gasteiger partial charge in [0, 0.05) is 43.5 Å². The lowest BCUT2D eigenvalue weighted by Gasteiger charge is -2.39. The van der Waals surface area contributed by atoms with Gasteiger partial charge in [0.1, 0.15) is 5.82 Å². The van der Waals surface area contributed by atoms with Crippen LogP contribution in [0.25, 0.3) is 0 Å². The number of halogens is 1. The molecule has 4 rings (SSSR count). The Bertz CT molecular complexity index is 673. The van der Waals surface area contributed by atoms with Gasteiger partial charge >= 0.3 is 0 Å². The van der Waals surface area contributed by atoms with E-state index in [1.165, 1.54) is 24.0 Å². The van der Waals surface area contributed by atoms with E-state index in [2.05, 4.69) is 27.9 Å². The van der Waals surface area contributed by atoms with Crippen LogP contribution < -0.4 is 0 Å². The van der Waals surface area contributed by atoms with Gasteiger partial charge in [-0.25, -0.2) is 4.39 Å². The number of hydrogen-bond donors (Lipinski definition) is 0. The minimum absolute atomic E-state index is 0.155. The van der Waals surface area contributed by atoms with Gasteiger partial charge in [0.2, 0.25) is 0 Å². The van der Waals surface area contributed by atoms with E-state index in [0.717, 1.165) is 19.6 Å². The van der Waals surface area contributed by atoms with Gasteiger partial charge in [-0.05, 0) is 55.8 Å². The minimum Gasteiger partial charge on any atom is -0.301 e.